The summed E-state index contributed by atoms with van der Waals surface area (Å²) in [6.07, 6.45) is -24.6. The standard InChI is InChI=1S/2C33H25BrF9NO3S/c2*34-26-15-23(13-14-29(26)37)48(45,46)30-18-44(16-20-5-2-1-3-6-20)17-24(30)21-9-11-22(12-10-21)31(32(38,39)40,33(41,42)43)47-19-25-27(35)7-4-8-28(25)36/h2*1-15,24,30H,16-19H2/t2*24-,30+/m10/s1. The smallest absolute Gasteiger partial charge is 0.349 e. The van der Waals surface area contributed by atoms with Gasteiger partial charge >= 0.3 is 24.7 Å². The fourth-order valence-corrected chi connectivity index (χ4v) is 16.7. The lowest BCUT2D eigenvalue weighted by molar-refractivity contribution is -0.393. The molecule has 96 heavy (non-hydrogen) atoms. The van der Waals surface area contributed by atoms with Crippen LogP contribution in [0.15, 0.2) is 201 Å². The van der Waals surface area contributed by atoms with E-state index in [-0.39, 0.29) is 56.0 Å². The van der Waals surface area contributed by atoms with Crippen LogP contribution in [0.4, 0.5) is 79.0 Å². The van der Waals surface area contributed by atoms with Gasteiger partial charge in [-0.2, -0.15) is 52.7 Å². The summed E-state index contributed by atoms with van der Waals surface area (Å²) >= 11 is 5.94. The van der Waals surface area contributed by atoms with Gasteiger partial charge in [-0.3, -0.25) is 9.80 Å². The molecule has 2 heterocycles. The minimum atomic E-state index is -6.14. The van der Waals surface area contributed by atoms with Gasteiger partial charge in [-0.05, 0) is 115 Å². The molecular weight excluding hydrogens is 1480 g/mol. The summed E-state index contributed by atoms with van der Waals surface area (Å²) in [5, 5.41) is -2.45. The maximum Gasteiger partial charge on any atom is 0.430 e. The molecule has 512 valence electrons. The minimum absolute atomic E-state index is 0.0506. The van der Waals surface area contributed by atoms with Crippen molar-refractivity contribution in [2.45, 2.75) is 94.3 Å². The number of hydrogen-bond acceptors (Lipinski definition) is 8. The van der Waals surface area contributed by atoms with E-state index in [2.05, 4.69) is 41.3 Å². The second-order valence-corrected chi connectivity index (χ2v) is 28.5. The second-order valence-electron chi connectivity index (χ2n) is 22.5. The van der Waals surface area contributed by atoms with Crippen LogP contribution in [0.1, 0.15) is 56.3 Å². The number of sulfone groups is 2. The van der Waals surface area contributed by atoms with E-state index in [0.29, 0.717) is 61.6 Å². The largest absolute Gasteiger partial charge is 0.430 e. The number of benzene rings is 8. The summed E-state index contributed by atoms with van der Waals surface area (Å²) in [6.45, 7) is -2.80. The summed E-state index contributed by atoms with van der Waals surface area (Å²) in [5.74, 6) is -8.88. The van der Waals surface area contributed by atoms with Gasteiger partial charge in [0.1, 0.15) is 34.9 Å². The molecule has 0 spiro atoms. The summed E-state index contributed by atoms with van der Waals surface area (Å²) in [6, 6.07) is 34.5. The maximum atomic E-state index is 14.4. The molecule has 8 aromatic carbocycles. The summed E-state index contributed by atoms with van der Waals surface area (Å²) < 4.78 is 322. The van der Waals surface area contributed by atoms with E-state index in [9.17, 15) is 95.9 Å². The van der Waals surface area contributed by atoms with Crippen LogP contribution in [-0.4, -0.2) is 88.0 Å². The van der Waals surface area contributed by atoms with E-state index in [1.165, 1.54) is 0 Å². The highest BCUT2D eigenvalue weighted by Crippen LogP contribution is 2.56. The molecule has 2 aliphatic rings. The third kappa shape index (κ3) is 15.1. The van der Waals surface area contributed by atoms with E-state index in [0.717, 1.165) is 83.9 Å². The van der Waals surface area contributed by atoms with E-state index < -0.39 is 148 Å². The van der Waals surface area contributed by atoms with Crippen molar-refractivity contribution < 1.29 is 105 Å². The Hall–Kier alpha value is -6.80. The van der Waals surface area contributed by atoms with Crippen molar-refractivity contribution >= 4 is 51.5 Å². The van der Waals surface area contributed by atoms with Crippen LogP contribution in [0.3, 0.4) is 0 Å². The van der Waals surface area contributed by atoms with Crippen molar-refractivity contribution in [3.8, 4) is 0 Å². The van der Waals surface area contributed by atoms with Gasteiger partial charge < -0.3 is 9.47 Å². The van der Waals surface area contributed by atoms with Gasteiger partial charge in [-0.25, -0.2) is 43.2 Å². The molecule has 2 fully saturated rings. The van der Waals surface area contributed by atoms with Crippen LogP contribution in [-0.2, 0) is 66.7 Å². The molecule has 2 saturated heterocycles. The Morgan fingerprint density at radius 3 is 0.958 bits per heavy atom. The van der Waals surface area contributed by atoms with Crippen molar-refractivity contribution in [1.29, 1.82) is 0 Å². The predicted molar refractivity (Wildman–Crippen MR) is 322 cm³/mol. The molecular formula is C66H50Br2F18N2O6S2. The Morgan fingerprint density at radius 2 is 0.677 bits per heavy atom. The van der Waals surface area contributed by atoms with Gasteiger partial charge in [-0.15, -0.1) is 0 Å². The molecule has 8 aromatic rings. The second kappa shape index (κ2) is 28.6. The molecule has 0 aliphatic carbocycles. The van der Waals surface area contributed by atoms with Crippen LogP contribution in [0.5, 0.6) is 0 Å². The van der Waals surface area contributed by atoms with E-state index in [1.807, 2.05) is 24.3 Å². The van der Waals surface area contributed by atoms with Gasteiger partial charge in [0.25, 0.3) is 11.2 Å². The van der Waals surface area contributed by atoms with Crippen molar-refractivity contribution in [2.75, 3.05) is 26.2 Å². The normalized spacial score (nSPS) is 18.0. The maximum absolute atomic E-state index is 14.4. The first-order chi connectivity index (χ1) is 44.9. The Balaban J connectivity index is 0.000000225. The molecule has 0 bridgehead atoms. The fourth-order valence-electron chi connectivity index (χ4n) is 11.7. The first-order valence-corrected chi connectivity index (χ1v) is 33.1. The molecule has 4 atom stereocenters. The van der Waals surface area contributed by atoms with Crippen molar-refractivity contribution in [1.82, 2.24) is 9.80 Å². The van der Waals surface area contributed by atoms with Crippen LogP contribution in [0.25, 0.3) is 0 Å². The highest BCUT2D eigenvalue weighted by atomic mass is 79.9. The van der Waals surface area contributed by atoms with Gasteiger partial charge in [0.2, 0.25) is 0 Å². The number of hydrogen-bond donors (Lipinski definition) is 0. The summed E-state index contributed by atoms with van der Waals surface area (Å²) in [4.78, 5) is 3.12. The summed E-state index contributed by atoms with van der Waals surface area (Å²) in [5.41, 5.74) is -13.2. The molecule has 0 radical (unpaired) electrons. The highest BCUT2D eigenvalue weighted by Gasteiger charge is 2.75. The number of alkyl halides is 12. The molecule has 30 heteroatoms. The number of nitrogens with zero attached hydrogens (tertiary/aromatic N) is 2. The molecule has 10 rings (SSSR count). The molecule has 8 nitrogen and oxygen atoms in total. The highest BCUT2D eigenvalue weighted by molar-refractivity contribution is 9.10. The molecule has 0 unspecified atom stereocenters. The van der Waals surface area contributed by atoms with Crippen molar-refractivity contribution in [2.24, 2.45) is 0 Å². The fraction of sp³-hybridized carbons (Fsp3) is 0.273. The number of ether oxygens (including phenoxy) is 2. The third-order valence-corrected chi connectivity index (χ3v) is 22.1. The lowest BCUT2D eigenvalue weighted by atomic mass is 9.88. The summed E-state index contributed by atoms with van der Waals surface area (Å²) in [7, 11) is -8.45. The topological polar surface area (TPSA) is 93.2 Å². The predicted octanol–water partition coefficient (Wildman–Crippen LogP) is 17.7. The molecule has 0 N–H and O–H groups in total. The molecule has 0 saturated carbocycles. The first-order valence-electron chi connectivity index (χ1n) is 28.4. The first kappa shape index (κ1) is 73.4. The van der Waals surface area contributed by atoms with Gasteiger partial charge in [0, 0.05) is 73.4 Å². The van der Waals surface area contributed by atoms with Crippen LogP contribution < -0.4 is 0 Å². The number of likely N-dealkylation sites (tertiary alicyclic amines) is 2. The Bertz CT molecular complexity index is 3940. The lowest BCUT2D eigenvalue weighted by Gasteiger charge is -2.37. The monoisotopic (exact) mass is 1530 g/mol. The average molecular weight is 1530 g/mol. The zero-order valence-electron chi connectivity index (χ0n) is 49.0. The zero-order valence-corrected chi connectivity index (χ0v) is 53.8. The van der Waals surface area contributed by atoms with Crippen molar-refractivity contribution in [3.63, 3.8) is 0 Å². The lowest BCUT2D eigenvalue weighted by Crippen LogP contribution is -2.55. The Kier molecular flexibility index (Phi) is 21.9. The third-order valence-electron chi connectivity index (χ3n) is 16.5. The number of rotatable bonds is 18. The minimum Gasteiger partial charge on any atom is -0.349 e. The van der Waals surface area contributed by atoms with Gasteiger partial charge in [0.05, 0.1) is 42.5 Å². The van der Waals surface area contributed by atoms with Crippen molar-refractivity contribution in [3.05, 3.63) is 270 Å². The zero-order chi connectivity index (χ0) is 70.1. The van der Waals surface area contributed by atoms with Crippen LogP contribution in [0.2, 0.25) is 0 Å². The Morgan fingerprint density at radius 1 is 0.375 bits per heavy atom. The van der Waals surface area contributed by atoms with E-state index in [1.54, 1.807) is 46.2 Å². The van der Waals surface area contributed by atoms with Gasteiger partial charge in [0.15, 0.2) is 19.7 Å². The average Bonchev–Trinajstić information content (AvgIpc) is 0.861. The van der Waals surface area contributed by atoms with E-state index >= 15 is 0 Å². The molecule has 0 aromatic heterocycles. The number of halogens is 20. The molecule has 0 amide bonds. The molecule has 2 aliphatic heterocycles. The van der Waals surface area contributed by atoms with E-state index in [4.69, 9.17) is 0 Å². The Labute approximate surface area is 554 Å². The van der Waals surface area contributed by atoms with Crippen LogP contribution in [0, 0.1) is 34.9 Å². The quantitative estimate of drug-likeness (QED) is 0.0620. The van der Waals surface area contributed by atoms with Crippen LogP contribution >= 0.6 is 31.9 Å². The SMILES string of the molecule is O=S(=O)(c1ccc(F)c(Br)c1)[C@@H]1CN(Cc2ccccc2)C[C@H]1c1ccc(C(OCc2c(F)cccc2F)(C(F)(F)F)C(F)(F)F)cc1.O=S(=O)(c1ccc(F)c(Br)c1)[C@H]1CN(Cc2ccccc2)C[C@@H]1c1ccc(C(OCc2c(F)cccc2F)(C(F)(F)F)C(F)(F)F)cc1. The van der Waals surface area contributed by atoms with Gasteiger partial charge in [-0.1, -0.05) is 121 Å².